The molecule has 0 heterocycles. The number of halogens is 10. The van der Waals surface area contributed by atoms with Gasteiger partial charge in [-0.25, -0.2) is 4.39 Å². The SMILES string of the molecule is Fc1c(CC/C=C/C(F)(F)F)ccc(CC/C=C/C(F)(F)F)c1C(F)(F)F. The lowest BCUT2D eigenvalue weighted by atomic mass is 9.96. The summed E-state index contributed by atoms with van der Waals surface area (Å²) in [6, 6.07) is 1.92. The van der Waals surface area contributed by atoms with Gasteiger partial charge in [-0.05, 0) is 36.8 Å². The summed E-state index contributed by atoms with van der Waals surface area (Å²) in [5.41, 5.74) is -2.56. The predicted molar refractivity (Wildman–Crippen MR) is 78.4 cm³/mol. The van der Waals surface area contributed by atoms with Crippen LogP contribution in [0.3, 0.4) is 0 Å². The third kappa shape index (κ3) is 8.49. The highest BCUT2D eigenvalue weighted by molar-refractivity contribution is 5.36. The van der Waals surface area contributed by atoms with E-state index in [4.69, 9.17) is 0 Å². The molecule has 1 aromatic rings. The Morgan fingerprint density at radius 1 is 0.667 bits per heavy atom. The molecule has 27 heavy (non-hydrogen) atoms. The Hall–Kier alpha value is -2.00. The monoisotopic (exact) mass is 408 g/mol. The maximum Gasteiger partial charge on any atom is 0.419 e. The molecule has 0 saturated carbocycles. The highest BCUT2D eigenvalue weighted by Gasteiger charge is 2.37. The van der Waals surface area contributed by atoms with Crippen molar-refractivity contribution < 1.29 is 43.9 Å². The molecule has 0 aliphatic carbocycles. The number of allylic oxidation sites excluding steroid dienone is 4. The number of hydrogen-bond donors (Lipinski definition) is 0. The smallest absolute Gasteiger partial charge is 0.206 e. The zero-order chi connectivity index (χ0) is 20.9. The van der Waals surface area contributed by atoms with E-state index in [1.165, 1.54) is 0 Å². The van der Waals surface area contributed by atoms with Gasteiger partial charge in [0.1, 0.15) is 5.82 Å². The first-order chi connectivity index (χ1) is 12.2. The minimum absolute atomic E-state index is 0.100. The molecule has 152 valence electrons. The van der Waals surface area contributed by atoms with Crippen molar-refractivity contribution in [2.24, 2.45) is 0 Å². The van der Waals surface area contributed by atoms with Crippen LogP contribution in [0.25, 0.3) is 0 Å². The van der Waals surface area contributed by atoms with Crippen molar-refractivity contribution in [1.82, 2.24) is 0 Å². The van der Waals surface area contributed by atoms with Gasteiger partial charge in [0.15, 0.2) is 0 Å². The molecular formula is C17H14F10. The Morgan fingerprint density at radius 3 is 1.48 bits per heavy atom. The molecule has 1 aromatic carbocycles. The van der Waals surface area contributed by atoms with Gasteiger partial charge in [0.2, 0.25) is 0 Å². The Balaban J connectivity index is 2.99. The summed E-state index contributed by atoms with van der Waals surface area (Å²) in [4.78, 5) is 0. The zero-order valence-corrected chi connectivity index (χ0v) is 13.6. The fraction of sp³-hybridized carbons (Fsp3) is 0.412. The van der Waals surface area contributed by atoms with Crippen LogP contribution in [0.15, 0.2) is 36.4 Å². The van der Waals surface area contributed by atoms with Crippen LogP contribution >= 0.6 is 0 Å². The van der Waals surface area contributed by atoms with E-state index >= 15 is 0 Å². The van der Waals surface area contributed by atoms with E-state index in [1.807, 2.05) is 0 Å². The van der Waals surface area contributed by atoms with Gasteiger partial charge < -0.3 is 0 Å². The summed E-state index contributed by atoms with van der Waals surface area (Å²) < 4.78 is 125. The van der Waals surface area contributed by atoms with Crippen molar-refractivity contribution in [3.05, 3.63) is 58.9 Å². The third-order valence-corrected chi connectivity index (χ3v) is 3.37. The molecule has 0 nitrogen and oxygen atoms in total. The number of alkyl halides is 9. The van der Waals surface area contributed by atoms with Gasteiger partial charge >= 0.3 is 18.5 Å². The molecular weight excluding hydrogens is 394 g/mol. The lowest BCUT2D eigenvalue weighted by Crippen LogP contribution is -2.14. The summed E-state index contributed by atoms with van der Waals surface area (Å²) in [7, 11) is 0. The van der Waals surface area contributed by atoms with Crippen molar-refractivity contribution in [1.29, 1.82) is 0 Å². The first kappa shape index (κ1) is 23.0. The molecule has 10 heteroatoms. The van der Waals surface area contributed by atoms with Crippen molar-refractivity contribution in [3.63, 3.8) is 0 Å². The summed E-state index contributed by atoms with van der Waals surface area (Å²) in [5.74, 6) is -1.62. The molecule has 0 aromatic heterocycles. The van der Waals surface area contributed by atoms with Gasteiger partial charge in [-0.3, -0.25) is 0 Å². The van der Waals surface area contributed by atoms with Crippen LogP contribution in [-0.2, 0) is 19.0 Å². The quantitative estimate of drug-likeness (QED) is 0.353. The van der Waals surface area contributed by atoms with Crippen LogP contribution in [0.2, 0.25) is 0 Å². The van der Waals surface area contributed by atoms with Gasteiger partial charge in [-0.2, -0.15) is 39.5 Å². The van der Waals surface area contributed by atoms with Crippen LogP contribution in [0.4, 0.5) is 43.9 Å². The van der Waals surface area contributed by atoms with Crippen LogP contribution in [0.1, 0.15) is 29.5 Å². The molecule has 0 unspecified atom stereocenters. The number of rotatable bonds is 6. The second-order valence-electron chi connectivity index (χ2n) is 5.54. The minimum atomic E-state index is -5.09. The summed E-state index contributed by atoms with van der Waals surface area (Å²) in [6.07, 6.45) is -14.8. The fourth-order valence-electron chi connectivity index (χ4n) is 2.28. The molecule has 0 N–H and O–H groups in total. The maximum atomic E-state index is 14.2. The van der Waals surface area contributed by atoms with Crippen LogP contribution < -0.4 is 0 Å². The molecule has 0 aliphatic heterocycles. The minimum Gasteiger partial charge on any atom is -0.206 e. The molecule has 0 atom stereocenters. The summed E-state index contributed by atoms with van der Waals surface area (Å²) >= 11 is 0. The molecule has 0 fully saturated rings. The molecule has 0 bridgehead atoms. The Morgan fingerprint density at radius 2 is 1.07 bits per heavy atom. The Bertz CT molecular complexity index is 675. The first-order valence-corrected chi connectivity index (χ1v) is 7.57. The van der Waals surface area contributed by atoms with E-state index in [9.17, 15) is 43.9 Å². The van der Waals surface area contributed by atoms with Crippen molar-refractivity contribution in [2.45, 2.75) is 44.2 Å². The van der Waals surface area contributed by atoms with Gasteiger partial charge in [-0.15, -0.1) is 0 Å². The van der Waals surface area contributed by atoms with Crippen LogP contribution in [0, 0.1) is 5.82 Å². The van der Waals surface area contributed by atoms with E-state index in [-0.39, 0.29) is 18.6 Å². The van der Waals surface area contributed by atoms with Crippen LogP contribution in [-0.4, -0.2) is 12.4 Å². The Labute approximate surface area is 148 Å². The van der Waals surface area contributed by atoms with E-state index in [0.29, 0.717) is 12.2 Å². The van der Waals surface area contributed by atoms with Gasteiger partial charge in [0, 0.05) is 12.2 Å². The third-order valence-electron chi connectivity index (χ3n) is 3.37. The highest BCUT2D eigenvalue weighted by atomic mass is 19.4. The molecule has 0 radical (unpaired) electrons. The maximum absolute atomic E-state index is 14.2. The lowest BCUT2D eigenvalue weighted by Gasteiger charge is -2.16. The molecule has 0 aliphatic rings. The number of benzene rings is 1. The van der Waals surface area contributed by atoms with E-state index in [0.717, 1.165) is 12.1 Å². The van der Waals surface area contributed by atoms with Gasteiger partial charge in [-0.1, -0.05) is 24.3 Å². The van der Waals surface area contributed by atoms with E-state index in [1.54, 1.807) is 0 Å². The first-order valence-electron chi connectivity index (χ1n) is 7.57. The highest BCUT2D eigenvalue weighted by Crippen LogP contribution is 2.36. The summed E-state index contributed by atoms with van der Waals surface area (Å²) in [5, 5.41) is 0. The number of hydrogen-bond acceptors (Lipinski definition) is 0. The number of aryl methyl sites for hydroxylation is 2. The largest absolute Gasteiger partial charge is 0.419 e. The van der Waals surface area contributed by atoms with Crippen LogP contribution in [0.5, 0.6) is 0 Å². The fourth-order valence-corrected chi connectivity index (χ4v) is 2.28. The average molecular weight is 408 g/mol. The topological polar surface area (TPSA) is 0 Å². The molecule has 0 spiro atoms. The average Bonchev–Trinajstić information content (AvgIpc) is 2.46. The second-order valence-corrected chi connectivity index (χ2v) is 5.54. The Kier molecular flexibility index (Phi) is 7.50. The molecule has 0 amide bonds. The normalized spacial score (nSPS) is 13.9. The van der Waals surface area contributed by atoms with Crippen molar-refractivity contribution >= 4 is 0 Å². The van der Waals surface area contributed by atoms with E-state index in [2.05, 4.69) is 0 Å². The lowest BCUT2D eigenvalue weighted by molar-refractivity contribution is -0.140. The van der Waals surface area contributed by atoms with Gasteiger partial charge in [0.25, 0.3) is 0 Å². The van der Waals surface area contributed by atoms with Crippen molar-refractivity contribution in [2.75, 3.05) is 0 Å². The summed E-state index contributed by atoms with van der Waals surface area (Å²) in [6.45, 7) is 0. The predicted octanol–water partition coefficient (Wildman–Crippen LogP) is 6.95. The molecule has 1 rings (SSSR count). The standard InChI is InChI=1S/C17H14F10/c18-14-12(6-2-4-10-16(22,23)24)8-7-11(13(14)17(25,26)27)5-1-3-9-15(19,20)21/h3-4,7-10H,1-2,5-6H2/b9-3+,10-4+. The molecule has 0 saturated heterocycles. The van der Waals surface area contributed by atoms with Crippen molar-refractivity contribution in [3.8, 4) is 0 Å². The van der Waals surface area contributed by atoms with E-state index < -0.39 is 60.3 Å². The second kappa shape index (κ2) is 8.79. The van der Waals surface area contributed by atoms with Gasteiger partial charge in [0.05, 0.1) is 5.56 Å². The zero-order valence-electron chi connectivity index (χ0n) is 13.6.